The van der Waals surface area contributed by atoms with Gasteiger partial charge in [0.1, 0.15) is 11.6 Å². The second kappa shape index (κ2) is 2.90. The Kier molecular flexibility index (Phi) is 2.19. The maximum absolute atomic E-state index is 12.5. The summed E-state index contributed by atoms with van der Waals surface area (Å²) in [6, 6.07) is 0.430. The highest BCUT2D eigenvalue weighted by molar-refractivity contribution is 6.73. The predicted octanol–water partition coefficient (Wildman–Crippen LogP) is 1.72. The third-order valence-corrected chi connectivity index (χ3v) is 1.39. The van der Waals surface area contributed by atoms with Gasteiger partial charge in [-0.3, -0.25) is 0 Å². The van der Waals surface area contributed by atoms with E-state index in [1.807, 2.05) is 0 Å². The van der Waals surface area contributed by atoms with E-state index in [9.17, 15) is 21.7 Å². The molecule has 0 unspecified atom stereocenters. The van der Waals surface area contributed by atoms with Gasteiger partial charge >= 0.3 is 6.98 Å². The van der Waals surface area contributed by atoms with Crippen molar-refractivity contribution in [1.82, 2.24) is 0 Å². The van der Waals surface area contributed by atoms with Gasteiger partial charge in [-0.15, -0.1) is 0 Å². The Balaban J connectivity index is 3.37. The fourth-order valence-electron chi connectivity index (χ4n) is 0.834. The normalized spacial score (nSPS) is 11.8. The number of benzene rings is 1. The van der Waals surface area contributed by atoms with E-state index in [1.54, 1.807) is 0 Å². The van der Waals surface area contributed by atoms with Gasteiger partial charge in [-0.1, -0.05) is 5.46 Å². The zero-order chi connectivity index (χ0) is 10.2. The number of halogens is 5. The average molecular weight is 197 g/mol. The summed E-state index contributed by atoms with van der Waals surface area (Å²) < 4.78 is 60.7. The van der Waals surface area contributed by atoms with Crippen LogP contribution in [0.15, 0.2) is 12.1 Å². The molecule has 1 rings (SSSR count). The molecule has 1 aromatic rings. The van der Waals surface area contributed by atoms with Gasteiger partial charge in [0.15, 0.2) is 5.82 Å². The van der Waals surface area contributed by atoms with E-state index in [-0.39, 0.29) is 12.1 Å². The largest absolute Gasteiger partial charge is 0.512 e. The van der Waals surface area contributed by atoms with E-state index in [2.05, 4.69) is 0 Å². The van der Waals surface area contributed by atoms with E-state index >= 15 is 0 Å². The van der Waals surface area contributed by atoms with Gasteiger partial charge in [0.05, 0.1) is 0 Å². The summed E-state index contributed by atoms with van der Waals surface area (Å²) in [5.74, 6) is -4.65. The first-order valence-electron chi connectivity index (χ1n) is 3.20. The first kappa shape index (κ1) is 9.82. The van der Waals surface area contributed by atoms with Gasteiger partial charge in [-0.2, -0.15) is 0 Å². The molecule has 1 nitrogen and oxygen atoms in total. The first-order chi connectivity index (χ1) is 5.82. The van der Waals surface area contributed by atoms with Crippen LogP contribution < -0.4 is 5.46 Å². The summed E-state index contributed by atoms with van der Waals surface area (Å²) in [7, 11) is 0. The zero-order valence-corrected chi connectivity index (χ0v) is 6.07. The molecule has 0 saturated heterocycles. The Bertz CT molecular complexity index is 335. The van der Waals surface area contributed by atoms with Crippen LogP contribution in [0, 0.1) is 11.6 Å². The Morgan fingerprint density at radius 3 is 2.08 bits per heavy atom. The summed E-state index contributed by atoms with van der Waals surface area (Å²) in [6.07, 6.45) is 0. The van der Waals surface area contributed by atoms with Crippen molar-refractivity contribution in [3.8, 4) is 5.75 Å². The maximum atomic E-state index is 12.5. The molecule has 0 aromatic heterocycles. The van der Waals surface area contributed by atoms with Crippen LogP contribution in [0.25, 0.3) is 0 Å². The smallest absolute Gasteiger partial charge is 0.508 e. The Hall–Kier alpha value is -1.27. The van der Waals surface area contributed by atoms with Gasteiger partial charge < -0.3 is 18.1 Å². The maximum Gasteiger partial charge on any atom is 0.512 e. The minimum absolute atomic E-state index is 0.151. The predicted molar refractivity (Wildman–Crippen MR) is 36.7 cm³/mol. The van der Waals surface area contributed by atoms with E-state index in [0.717, 1.165) is 0 Å². The Morgan fingerprint density at radius 2 is 1.62 bits per heavy atom. The minimum atomic E-state index is -5.64. The van der Waals surface area contributed by atoms with Gasteiger partial charge in [-0.05, 0) is 6.07 Å². The number of phenols is 1. The summed E-state index contributed by atoms with van der Waals surface area (Å²) >= 11 is 0. The molecule has 0 atom stereocenters. The molecule has 0 saturated carbocycles. The van der Waals surface area contributed by atoms with Crippen LogP contribution in [0.3, 0.4) is 0 Å². The molecule has 1 N–H and O–H groups in total. The standard InChI is InChI=1S/C6H3BF5O/c8-5-2-3(13)1-4(6(5)9)7(10,11)12/h1-2,13H/q-1. The third kappa shape index (κ3) is 1.91. The SMILES string of the molecule is Oc1cc(F)c(F)c([B-](F)(F)F)c1. The topological polar surface area (TPSA) is 20.2 Å². The first-order valence-corrected chi connectivity index (χ1v) is 3.20. The zero-order valence-electron chi connectivity index (χ0n) is 6.07. The van der Waals surface area contributed by atoms with Gasteiger partial charge in [-0.25, -0.2) is 8.78 Å². The molecule has 0 fully saturated rings. The number of hydrogen-bond acceptors (Lipinski definition) is 1. The number of phenolic OH excluding ortho intramolecular Hbond substituents is 1. The number of hydrogen-bond donors (Lipinski definition) is 1. The van der Waals surface area contributed by atoms with E-state index < -0.39 is 29.8 Å². The quantitative estimate of drug-likeness (QED) is 0.536. The number of rotatable bonds is 1. The molecule has 0 aliphatic rings. The molecule has 0 aliphatic heterocycles. The molecule has 0 heterocycles. The lowest BCUT2D eigenvalue weighted by Gasteiger charge is -2.15. The van der Waals surface area contributed by atoms with Crippen molar-refractivity contribution in [1.29, 1.82) is 0 Å². The molecule has 0 radical (unpaired) electrons. The lowest BCUT2D eigenvalue weighted by Crippen LogP contribution is -2.37. The van der Waals surface area contributed by atoms with E-state index in [0.29, 0.717) is 0 Å². The molecule has 7 heteroatoms. The van der Waals surface area contributed by atoms with Crippen molar-refractivity contribution in [2.24, 2.45) is 0 Å². The van der Waals surface area contributed by atoms with Crippen molar-refractivity contribution < 1.29 is 26.8 Å². The van der Waals surface area contributed by atoms with Gasteiger partial charge in [0.25, 0.3) is 0 Å². The van der Waals surface area contributed by atoms with Crippen LogP contribution in [0.2, 0.25) is 0 Å². The minimum Gasteiger partial charge on any atom is -0.508 e. The van der Waals surface area contributed by atoms with Crippen LogP contribution in [-0.2, 0) is 0 Å². The highest BCUT2D eigenvalue weighted by Crippen LogP contribution is 2.18. The van der Waals surface area contributed by atoms with E-state index in [4.69, 9.17) is 5.11 Å². The van der Waals surface area contributed by atoms with Crippen molar-refractivity contribution >= 4 is 12.4 Å². The second-order valence-electron chi connectivity index (χ2n) is 2.41. The molecular formula is C6H3BF5O-. The molecular weight excluding hydrogens is 194 g/mol. The summed E-state index contributed by atoms with van der Waals surface area (Å²) in [5.41, 5.74) is -1.75. The second-order valence-corrected chi connectivity index (χ2v) is 2.41. The molecule has 72 valence electrons. The lowest BCUT2D eigenvalue weighted by molar-refractivity contribution is 0.448. The fraction of sp³-hybridized carbons (Fsp3) is 0. The van der Waals surface area contributed by atoms with Crippen LogP contribution in [0.4, 0.5) is 21.7 Å². The van der Waals surface area contributed by atoms with Crippen molar-refractivity contribution in [3.63, 3.8) is 0 Å². The summed E-state index contributed by atoms with van der Waals surface area (Å²) in [6.45, 7) is -5.64. The van der Waals surface area contributed by atoms with E-state index in [1.165, 1.54) is 0 Å². The highest BCUT2D eigenvalue weighted by Gasteiger charge is 2.30. The average Bonchev–Trinajstić information content (AvgIpc) is 1.94. The van der Waals surface area contributed by atoms with Crippen LogP contribution in [0.1, 0.15) is 0 Å². The van der Waals surface area contributed by atoms with Crippen LogP contribution >= 0.6 is 0 Å². The lowest BCUT2D eigenvalue weighted by atomic mass is 9.79. The summed E-state index contributed by atoms with van der Waals surface area (Å²) in [4.78, 5) is 0. The van der Waals surface area contributed by atoms with Crippen LogP contribution in [-0.4, -0.2) is 12.1 Å². The molecule has 0 bridgehead atoms. The van der Waals surface area contributed by atoms with Gasteiger partial charge in [0, 0.05) is 6.07 Å². The van der Waals surface area contributed by atoms with Crippen molar-refractivity contribution in [2.45, 2.75) is 0 Å². The number of aromatic hydroxyl groups is 1. The van der Waals surface area contributed by atoms with Crippen molar-refractivity contribution in [3.05, 3.63) is 23.8 Å². The molecule has 13 heavy (non-hydrogen) atoms. The molecule has 0 spiro atoms. The summed E-state index contributed by atoms with van der Waals surface area (Å²) in [5, 5.41) is 8.59. The Labute approximate surface area is 69.9 Å². The van der Waals surface area contributed by atoms with Crippen LogP contribution in [0.5, 0.6) is 5.75 Å². The monoisotopic (exact) mass is 197 g/mol. The fourth-order valence-corrected chi connectivity index (χ4v) is 0.834. The Morgan fingerprint density at radius 1 is 1.08 bits per heavy atom. The molecule has 1 aromatic carbocycles. The third-order valence-electron chi connectivity index (χ3n) is 1.39. The van der Waals surface area contributed by atoms with Gasteiger partial charge in [0.2, 0.25) is 0 Å². The highest BCUT2D eigenvalue weighted by atomic mass is 19.4. The molecule has 0 aliphatic carbocycles. The molecule has 0 amide bonds. The van der Waals surface area contributed by atoms with Crippen molar-refractivity contribution in [2.75, 3.05) is 0 Å².